The standard InChI is InChI=1S/C15H21FN2/c1-4-11(3)8-13(5-2)18-14-6-7-15(16)12(9-14)10-17/h6-7,9,11,13,18H,4-5,8H2,1-3H3. The minimum absolute atomic E-state index is 0.0957. The van der Waals surface area contributed by atoms with Gasteiger partial charge >= 0.3 is 0 Å². The molecule has 2 unspecified atom stereocenters. The normalized spacial score (nSPS) is 13.7. The highest BCUT2D eigenvalue weighted by Crippen LogP contribution is 2.19. The highest BCUT2D eigenvalue weighted by molar-refractivity contribution is 5.50. The number of nitrogens with zero attached hydrogens (tertiary/aromatic N) is 1. The van der Waals surface area contributed by atoms with Crippen molar-refractivity contribution in [1.82, 2.24) is 0 Å². The molecule has 0 amide bonds. The monoisotopic (exact) mass is 248 g/mol. The van der Waals surface area contributed by atoms with Gasteiger partial charge < -0.3 is 5.32 Å². The highest BCUT2D eigenvalue weighted by atomic mass is 19.1. The van der Waals surface area contributed by atoms with Crippen LogP contribution in [0.15, 0.2) is 18.2 Å². The molecule has 98 valence electrons. The van der Waals surface area contributed by atoms with Crippen molar-refractivity contribution >= 4 is 5.69 Å². The van der Waals surface area contributed by atoms with Crippen molar-refractivity contribution in [2.75, 3.05) is 5.32 Å². The van der Waals surface area contributed by atoms with Gasteiger partial charge in [0.05, 0.1) is 5.56 Å². The van der Waals surface area contributed by atoms with E-state index in [1.807, 2.05) is 6.07 Å². The Morgan fingerprint density at radius 3 is 2.61 bits per heavy atom. The summed E-state index contributed by atoms with van der Waals surface area (Å²) in [6.07, 6.45) is 3.26. The summed E-state index contributed by atoms with van der Waals surface area (Å²) in [6.45, 7) is 6.55. The van der Waals surface area contributed by atoms with Gasteiger partial charge in [-0.05, 0) is 37.0 Å². The molecule has 2 atom stereocenters. The average molecular weight is 248 g/mol. The molecule has 1 N–H and O–H groups in total. The van der Waals surface area contributed by atoms with Crippen molar-refractivity contribution in [3.05, 3.63) is 29.6 Å². The van der Waals surface area contributed by atoms with Gasteiger partial charge in [0, 0.05) is 11.7 Å². The molecule has 0 saturated carbocycles. The number of halogens is 1. The molecular formula is C15H21FN2. The maximum Gasteiger partial charge on any atom is 0.141 e. The summed E-state index contributed by atoms with van der Waals surface area (Å²) in [5, 5.41) is 12.2. The van der Waals surface area contributed by atoms with Crippen molar-refractivity contribution in [3.8, 4) is 6.07 Å². The number of nitrogens with one attached hydrogen (secondary N) is 1. The van der Waals surface area contributed by atoms with Crippen molar-refractivity contribution in [2.45, 2.75) is 46.1 Å². The number of hydrogen-bond acceptors (Lipinski definition) is 2. The van der Waals surface area contributed by atoms with Crippen molar-refractivity contribution in [2.24, 2.45) is 5.92 Å². The molecule has 0 spiro atoms. The van der Waals surface area contributed by atoms with E-state index in [4.69, 9.17) is 5.26 Å². The smallest absolute Gasteiger partial charge is 0.141 e. The first-order chi connectivity index (χ1) is 8.60. The third kappa shape index (κ3) is 4.03. The zero-order valence-corrected chi connectivity index (χ0v) is 11.3. The Balaban J connectivity index is 2.73. The molecule has 0 aliphatic carbocycles. The number of benzene rings is 1. The van der Waals surface area contributed by atoms with E-state index in [0.717, 1.165) is 24.9 Å². The Bertz CT molecular complexity index is 423. The van der Waals surface area contributed by atoms with E-state index in [-0.39, 0.29) is 5.56 Å². The molecular weight excluding hydrogens is 227 g/mol. The molecule has 0 saturated heterocycles. The van der Waals surface area contributed by atoms with Crippen LogP contribution >= 0.6 is 0 Å². The fraction of sp³-hybridized carbons (Fsp3) is 0.533. The van der Waals surface area contributed by atoms with E-state index < -0.39 is 5.82 Å². The number of rotatable bonds is 6. The zero-order chi connectivity index (χ0) is 13.5. The number of nitriles is 1. The summed E-state index contributed by atoms with van der Waals surface area (Å²) in [5.74, 6) is 0.205. The molecule has 0 radical (unpaired) electrons. The Morgan fingerprint density at radius 1 is 1.33 bits per heavy atom. The summed E-state index contributed by atoms with van der Waals surface area (Å²) in [4.78, 5) is 0. The first kappa shape index (κ1) is 14.5. The van der Waals surface area contributed by atoms with Crippen LogP contribution in [0.25, 0.3) is 0 Å². The second kappa shape index (κ2) is 7.00. The lowest BCUT2D eigenvalue weighted by atomic mass is 9.97. The van der Waals surface area contributed by atoms with Gasteiger partial charge in [-0.15, -0.1) is 0 Å². The molecule has 18 heavy (non-hydrogen) atoms. The Morgan fingerprint density at radius 2 is 2.06 bits per heavy atom. The van der Waals surface area contributed by atoms with Gasteiger partial charge in [0.2, 0.25) is 0 Å². The first-order valence-corrected chi connectivity index (χ1v) is 6.56. The van der Waals surface area contributed by atoms with Crippen LogP contribution in [-0.2, 0) is 0 Å². The van der Waals surface area contributed by atoms with Gasteiger partial charge in [0.25, 0.3) is 0 Å². The lowest BCUT2D eigenvalue weighted by molar-refractivity contribution is 0.462. The van der Waals surface area contributed by atoms with Gasteiger partial charge in [-0.25, -0.2) is 4.39 Å². The van der Waals surface area contributed by atoms with Crippen LogP contribution in [0.4, 0.5) is 10.1 Å². The van der Waals surface area contributed by atoms with Crippen LogP contribution in [0.2, 0.25) is 0 Å². The van der Waals surface area contributed by atoms with Crippen molar-refractivity contribution in [1.29, 1.82) is 5.26 Å². The van der Waals surface area contributed by atoms with E-state index in [2.05, 4.69) is 26.1 Å². The van der Waals surface area contributed by atoms with E-state index in [1.165, 1.54) is 6.07 Å². The number of anilines is 1. The van der Waals surface area contributed by atoms with Crippen LogP contribution in [0.3, 0.4) is 0 Å². The Kier molecular flexibility index (Phi) is 5.64. The summed E-state index contributed by atoms with van der Waals surface area (Å²) < 4.78 is 13.2. The first-order valence-electron chi connectivity index (χ1n) is 6.56. The number of hydrogen-bond donors (Lipinski definition) is 1. The summed E-state index contributed by atoms with van der Waals surface area (Å²) in [5.41, 5.74) is 0.918. The van der Waals surface area contributed by atoms with E-state index >= 15 is 0 Å². The predicted molar refractivity (Wildman–Crippen MR) is 72.9 cm³/mol. The fourth-order valence-corrected chi connectivity index (χ4v) is 1.92. The molecule has 0 aliphatic heterocycles. The van der Waals surface area contributed by atoms with Gasteiger partial charge in [-0.1, -0.05) is 27.2 Å². The minimum atomic E-state index is -0.460. The second-order valence-electron chi connectivity index (χ2n) is 4.81. The van der Waals surface area contributed by atoms with Gasteiger partial charge in [-0.3, -0.25) is 0 Å². The van der Waals surface area contributed by atoms with E-state index in [1.54, 1.807) is 12.1 Å². The van der Waals surface area contributed by atoms with Crippen LogP contribution < -0.4 is 5.32 Å². The maximum atomic E-state index is 13.2. The summed E-state index contributed by atoms with van der Waals surface area (Å²) in [7, 11) is 0. The molecule has 1 rings (SSSR count). The van der Waals surface area contributed by atoms with Crippen LogP contribution in [-0.4, -0.2) is 6.04 Å². The van der Waals surface area contributed by atoms with Crippen molar-refractivity contribution < 1.29 is 4.39 Å². The summed E-state index contributed by atoms with van der Waals surface area (Å²) >= 11 is 0. The van der Waals surface area contributed by atoms with E-state index in [0.29, 0.717) is 12.0 Å². The lowest BCUT2D eigenvalue weighted by Gasteiger charge is -2.21. The van der Waals surface area contributed by atoms with E-state index in [9.17, 15) is 4.39 Å². The molecule has 0 heterocycles. The molecule has 3 heteroatoms. The van der Waals surface area contributed by atoms with Gasteiger partial charge in [0.1, 0.15) is 11.9 Å². The molecule has 0 bridgehead atoms. The van der Waals surface area contributed by atoms with Crippen LogP contribution in [0, 0.1) is 23.1 Å². The molecule has 0 aromatic heterocycles. The second-order valence-corrected chi connectivity index (χ2v) is 4.81. The highest BCUT2D eigenvalue weighted by Gasteiger charge is 2.11. The molecule has 0 fully saturated rings. The predicted octanol–water partition coefficient (Wildman–Crippen LogP) is 4.32. The molecule has 2 nitrogen and oxygen atoms in total. The largest absolute Gasteiger partial charge is 0.382 e. The van der Waals surface area contributed by atoms with Gasteiger partial charge in [-0.2, -0.15) is 5.26 Å². The topological polar surface area (TPSA) is 35.8 Å². The molecule has 1 aromatic carbocycles. The SMILES string of the molecule is CCC(C)CC(CC)Nc1ccc(F)c(C#N)c1. The lowest BCUT2D eigenvalue weighted by Crippen LogP contribution is -2.21. The van der Waals surface area contributed by atoms with Crippen LogP contribution in [0.1, 0.15) is 45.6 Å². The van der Waals surface area contributed by atoms with Gasteiger partial charge in [0.15, 0.2) is 0 Å². The third-order valence-electron chi connectivity index (χ3n) is 3.33. The Hall–Kier alpha value is -1.56. The molecule has 1 aromatic rings. The summed E-state index contributed by atoms with van der Waals surface area (Å²) in [6, 6.07) is 6.85. The van der Waals surface area contributed by atoms with Crippen molar-refractivity contribution in [3.63, 3.8) is 0 Å². The van der Waals surface area contributed by atoms with Crippen LogP contribution in [0.5, 0.6) is 0 Å². The minimum Gasteiger partial charge on any atom is -0.382 e. The average Bonchev–Trinajstić information content (AvgIpc) is 2.39. The quantitative estimate of drug-likeness (QED) is 0.813. The fourth-order valence-electron chi connectivity index (χ4n) is 1.92. The maximum absolute atomic E-state index is 13.2. The molecule has 0 aliphatic rings. The zero-order valence-electron chi connectivity index (χ0n) is 11.3. The third-order valence-corrected chi connectivity index (χ3v) is 3.33. The Labute approximate surface area is 109 Å².